The molecule has 0 bridgehead atoms. The van der Waals surface area contributed by atoms with E-state index in [1.54, 1.807) is 7.11 Å². The fourth-order valence-electron chi connectivity index (χ4n) is 3.47. The fourth-order valence-corrected chi connectivity index (χ4v) is 4.51. The summed E-state index contributed by atoms with van der Waals surface area (Å²) in [6, 6.07) is 17.8. The van der Waals surface area contributed by atoms with Crippen LogP contribution in [0.25, 0.3) is 11.1 Å². The van der Waals surface area contributed by atoms with E-state index in [9.17, 15) is 13.2 Å². The molecule has 7 heteroatoms. The molecule has 0 aliphatic heterocycles. The normalized spacial score (nSPS) is 11.2. The summed E-state index contributed by atoms with van der Waals surface area (Å²) < 4.78 is 35.1. The summed E-state index contributed by atoms with van der Waals surface area (Å²) in [5.74, 6) is -1.00. The third kappa shape index (κ3) is 5.44. The van der Waals surface area contributed by atoms with Crippen molar-refractivity contribution in [2.45, 2.75) is 25.3 Å². The average molecular weight is 441 g/mol. The van der Waals surface area contributed by atoms with Crippen molar-refractivity contribution in [3.05, 3.63) is 77.4 Å². The van der Waals surface area contributed by atoms with Gasteiger partial charge >= 0.3 is 5.97 Å². The second-order valence-corrected chi connectivity index (χ2v) is 9.24. The second-order valence-electron chi connectivity index (χ2n) is 7.25. The van der Waals surface area contributed by atoms with Crippen LogP contribution in [0.5, 0.6) is 11.5 Å². The summed E-state index contributed by atoms with van der Waals surface area (Å²) in [4.78, 5) is 10.7. The van der Waals surface area contributed by atoms with E-state index in [0.29, 0.717) is 12.4 Å². The van der Waals surface area contributed by atoms with Gasteiger partial charge in [-0.05, 0) is 84.1 Å². The Balaban J connectivity index is 1.75. The van der Waals surface area contributed by atoms with Crippen LogP contribution in [0.1, 0.15) is 16.7 Å². The highest BCUT2D eigenvalue weighted by molar-refractivity contribution is 7.92. The Kier molecular flexibility index (Phi) is 6.65. The van der Waals surface area contributed by atoms with Crippen LogP contribution in [-0.4, -0.2) is 32.4 Å². The fraction of sp³-hybridized carbons (Fsp3) is 0.208. The van der Waals surface area contributed by atoms with Gasteiger partial charge in [-0.2, -0.15) is 0 Å². The molecule has 0 amide bonds. The first-order valence-corrected chi connectivity index (χ1v) is 11.3. The number of carbonyl (C=O) groups is 1. The van der Waals surface area contributed by atoms with E-state index in [1.165, 1.54) is 24.3 Å². The van der Waals surface area contributed by atoms with Gasteiger partial charge in [-0.1, -0.05) is 18.2 Å². The Morgan fingerprint density at radius 3 is 2.16 bits per heavy atom. The number of carboxylic acids is 1. The van der Waals surface area contributed by atoms with Crippen molar-refractivity contribution in [1.82, 2.24) is 0 Å². The summed E-state index contributed by atoms with van der Waals surface area (Å²) in [6.07, 6.45) is 0. The average Bonchev–Trinajstić information content (AvgIpc) is 2.71. The van der Waals surface area contributed by atoms with E-state index >= 15 is 0 Å². The van der Waals surface area contributed by atoms with Crippen molar-refractivity contribution >= 4 is 15.8 Å². The standard InChI is InChI=1S/C24H24O6S/c1-16-11-21(29-3)12-17(2)24(16)19-6-4-5-18(13-19)14-30-20-7-9-22(10-8-20)31(27,28)15-23(25)26/h4-13H,14-15H2,1-3H3,(H,25,26). The molecule has 0 saturated carbocycles. The van der Waals surface area contributed by atoms with Crippen LogP contribution >= 0.6 is 0 Å². The second kappa shape index (κ2) is 9.22. The Bertz CT molecular complexity index is 1170. The molecule has 0 aliphatic rings. The monoisotopic (exact) mass is 440 g/mol. The predicted molar refractivity (Wildman–Crippen MR) is 118 cm³/mol. The molecule has 0 unspecified atom stereocenters. The molecule has 3 aromatic carbocycles. The van der Waals surface area contributed by atoms with E-state index in [0.717, 1.165) is 33.6 Å². The minimum atomic E-state index is -3.86. The van der Waals surface area contributed by atoms with Crippen LogP contribution in [0.3, 0.4) is 0 Å². The summed E-state index contributed by atoms with van der Waals surface area (Å²) >= 11 is 0. The third-order valence-corrected chi connectivity index (χ3v) is 6.48. The van der Waals surface area contributed by atoms with Crippen LogP contribution in [0.4, 0.5) is 0 Å². The molecule has 0 spiro atoms. The van der Waals surface area contributed by atoms with Crippen molar-refractivity contribution in [3.63, 3.8) is 0 Å². The first-order valence-electron chi connectivity index (χ1n) is 9.61. The molecule has 0 heterocycles. The largest absolute Gasteiger partial charge is 0.497 e. The number of aliphatic carboxylic acids is 1. The van der Waals surface area contributed by atoms with Crippen LogP contribution in [-0.2, 0) is 21.2 Å². The lowest BCUT2D eigenvalue weighted by atomic mass is 9.94. The minimum absolute atomic E-state index is 0.0466. The molecule has 1 N–H and O–H groups in total. The van der Waals surface area contributed by atoms with Crippen LogP contribution in [0.15, 0.2) is 65.6 Å². The molecule has 0 aromatic heterocycles. The zero-order chi connectivity index (χ0) is 22.6. The highest BCUT2D eigenvalue weighted by Crippen LogP contribution is 2.31. The number of hydrogen-bond acceptors (Lipinski definition) is 5. The number of sulfone groups is 1. The molecule has 0 aliphatic carbocycles. The quantitative estimate of drug-likeness (QED) is 0.558. The molecule has 3 aromatic rings. The Morgan fingerprint density at radius 1 is 0.935 bits per heavy atom. The Labute approximate surface area is 182 Å². The molecule has 6 nitrogen and oxygen atoms in total. The highest BCUT2D eigenvalue weighted by Gasteiger charge is 2.18. The summed E-state index contributed by atoms with van der Waals surface area (Å²) in [7, 11) is -2.20. The molecule has 0 fully saturated rings. The van der Waals surface area contributed by atoms with Crippen LogP contribution in [0, 0.1) is 13.8 Å². The van der Waals surface area contributed by atoms with Gasteiger partial charge in [-0.25, -0.2) is 8.42 Å². The molecule has 0 atom stereocenters. The van der Waals surface area contributed by atoms with E-state index in [-0.39, 0.29) is 4.90 Å². The van der Waals surface area contributed by atoms with Gasteiger partial charge < -0.3 is 14.6 Å². The van der Waals surface area contributed by atoms with Gasteiger partial charge in [0, 0.05) is 0 Å². The lowest BCUT2D eigenvalue weighted by Gasteiger charge is -2.14. The van der Waals surface area contributed by atoms with Gasteiger partial charge in [0.2, 0.25) is 0 Å². The van der Waals surface area contributed by atoms with Gasteiger partial charge in [0.15, 0.2) is 15.6 Å². The van der Waals surface area contributed by atoms with E-state index in [2.05, 4.69) is 6.07 Å². The summed E-state index contributed by atoms with van der Waals surface area (Å²) in [5.41, 5.74) is 5.43. The Hall–Kier alpha value is -3.32. The summed E-state index contributed by atoms with van der Waals surface area (Å²) in [5, 5.41) is 8.73. The molecular weight excluding hydrogens is 416 g/mol. The number of benzene rings is 3. The first-order chi connectivity index (χ1) is 14.7. The number of aryl methyl sites for hydroxylation is 2. The zero-order valence-electron chi connectivity index (χ0n) is 17.6. The van der Waals surface area contributed by atoms with Gasteiger partial charge in [0.25, 0.3) is 0 Å². The van der Waals surface area contributed by atoms with Crippen LogP contribution in [0.2, 0.25) is 0 Å². The summed E-state index contributed by atoms with van der Waals surface area (Å²) in [6.45, 7) is 4.41. The maximum atomic E-state index is 12.0. The first kappa shape index (κ1) is 22.4. The third-order valence-electron chi connectivity index (χ3n) is 4.86. The van der Waals surface area contributed by atoms with E-state index in [1.807, 2.05) is 44.2 Å². The molecule has 0 radical (unpaired) electrons. The van der Waals surface area contributed by atoms with Gasteiger partial charge in [-0.15, -0.1) is 0 Å². The van der Waals surface area contributed by atoms with Crippen molar-refractivity contribution in [3.8, 4) is 22.6 Å². The number of ether oxygens (including phenoxy) is 2. The van der Waals surface area contributed by atoms with E-state index in [4.69, 9.17) is 14.6 Å². The molecule has 31 heavy (non-hydrogen) atoms. The van der Waals surface area contributed by atoms with Crippen LogP contribution < -0.4 is 9.47 Å². The lowest BCUT2D eigenvalue weighted by molar-refractivity contribution is -0.134. The van der Waals surface area contributed by atoms with Crippen molar-refractivity contribution in [2.75, 3.05) is 12.9 Å². The molecule has 162 valence electrons. The molecular formula is C24H24O6S. The maximum Gasteiger partial charge on any atom is 0.319 e. The smallest absolute Gasteiger partial charge is 0.319 e. The number of methoxy groups -OCH3 is 1. The highest BCUT2D eigenvalue weighted by atomic mass is 32.2. The number of rotatable bonds is 8. The SMILES string of the molecule is COc1cc(C)c(-c2cccc(COc3ccc(S(=O)(=O)CC(=O)O)cc3)c2)c(C)c1. The van der Waals surface area contributed by atoms with Crippen molar-refractivity contribution in [2.24, 2.45) is 0 Å². The van der Waals surface area contributed by atoms with Crippen molar-refractivity contribution in [1.29, 1.82) is 0 Å². The number of carboxylic acid groups (broad SMARTS) is 1. The zero-order valence-corrected chi connectivity index (χ0v) is 18.4. The molecule has 0 saturated heterocycles. The maximum absolute atomic E-state index is 12.0. The lowest BCUT2D eigenvalue weighted by Crippen LogP contribution is -2.15. The van der Waals surface area contributed by atoms with Gasteiger partial charge in [0.1, 0.15) is 18.1 Å². The van der Waals surface area contributed by atoms with E-state index < -0.39 is 21.6 Å². The topological polar surface area (TPSA) is 89.9 Å². The predicted octanol–water partition coefficient (Wildman–Crippen LogP) is 4.42. The number of hydrogen-bond donors (Lipinski definition) is 1. The Morgan fingerprint density at radius 2 is 1.58 bits per heavy atom. The van der Waals surface area contributed by atoms with Crippen molar-refractivity contribution < 1.29 is 27.8 Å². The molecule has 3 rings (SSSR count). The minimum Gasteiger partial charge on any atom is -0.497 e. The van der Waals surface area contributed by atoms with Gasteiger partial charge in [0.05, 0.1) is 12.0 Å². The van der Waals surface area contributed by atoms with Gasteiger partial charge in [-0.3, -0.25) is 4.79 Å².